The lowest BCUT2D eigenvalue weighted by Gasteiger charge is -2.15. The van der Waals surface area contributed by atoms with E-state index in [1.165, 1.54) is 11.1 Å². The molecule has 0 saturated heterocycles. The highest BCUT2D eigenvalue weighted by Crippen LogP contribution is 2.15. The zero-order chi connectivity index (χ0) is 12.0. The van der Waals surface area contributed by atoms with Gasteiger partial charge in [0, 0.05) is 13.1 Å². The average molecular weight is 223 g/mol. The van der Waals surface area contributed by atoms with Gasteiger partial charge >= 0.3 is 0 Å². The van der Waals surface area contributed by atoms with Crippen LogP contribution < -0.4 is 4.74 Å². The highest BCUT2D eigenvalue weighted by Gasteiger charge is 1.99. The summed E-state index contributed by atoms with van der Waals surface area (Å²) in [5.74, 6) is 0.926. The van der Waals surface area contributed by atoms with E-state index < -0.39 is 0 Å². The first-order chi connectivity index (χ1) is 7.61. The second kappa shape index (κ2) is 6.51. The average Bonchev–Trinajstić information content (AvgIpc) is 2.16. The second-order valence-electron chi connectivity index (χ2n) is 4.20. The molecule has 0 aliphatic carbocycles. The lowest BCUT2D eigenvalue weighted by molar-refractivity contribution is 0.192. The Bertz CT molecular complexity index is 305. The molecule has 0 unspecified atom stereocenters. The third kappa shape index (κ3) is 4.64. The van der Waals surface area contributed by atoms with E-state index in [1.54, 1.807) is 0 Å². The van der Waals surface area contributed by atoms with Gasteiger partial charge in [0.2, 0.25) is 0 Å². The van der Waals surface area contributed by atoms with Crippen LogP contribution in [0.5, 0.6) is 5.75 Å². The summed E-state index contributed by atoms with van der Waals surface area (Å²) in [6, 6.07) is 6.21. The fraction of sp³-hybridized carbons (Fsp3) is 0.538. The summed E-state index contributed by atoms with van der Waals surface area (Å²) in [6.45, 7) is 6.50. The molecule has 0 aliphatic heterocycles. The van der Waals surface area contributed by atoms with Gasteiger partial charge in [-0.1, -0.05) is 6.07 Å². The summed E-state index contributed by atoms with van der Waals surface area (Å²) in [4.78, 5) is 2.04. The van der Waals surface area contributed by atoms with Crippen LogP contribution in [0.25, 0.3) is 0 Å². The number of rotatable bonds is 6. The number of aliphatic hydroxyl groups is 1. The van der Waals surface area contributed by atoms with Crippen LogP contribution in [0.2, 0.25) is 0 Å². The van der Waals surface area contributed by atoms with Crippen LogP contribution in [0.3, 0.4) is 0 Å². The van der Waals surface area contributed by atoms with Crippen molar-refractivity contribution in [2.24, 2.45) is 0 Å². The van der Waals surface area contributed by atoms with Crippen molar-refractivity contribution in [3.63, 3.8) is 0 Å². The van der Waals surface area contributed by atoms with Gasteiger partial charge in [0.1, 0.15) is 12.4 Å². The number of aliphatic hydroxyl groups excluding tert-OH is 1. The molecule has 1 N–H and O–H groups in total. The van der Waals surface area contributed by atoms with Crippen molar-refractivity contribution in [3.8, 4) is 5.75 Å². The van der Waals surface area contributed by atoms with Gasteiger partial charge in [0.15, 0.2) is 0 Å². The van der Waals surface area contributed by atoms with Crippen LogP contribution in [0.15, 0.2) is 18.2 Å². The zero-order valence-corrected chi connectivity index (χ0v) is 10.4. The summed E-state index contributed by atoms with van der Waals surface area (Å²) < 4.78 is 5.66. The Hall–Kier alpha value is -1.06. The molecule has 0 spiro atoms. The van der Waals surface area contributed by atoms with Crippen LogP contribution >= 0.6 is 0 Å². The molecule has 0 bridgehead atoms. The number of hydrogen-bond acceptors (Lipinski definition) is 3. The van der Waals surface area contributed by atoms with Gasteiger partial charge < -0.3 is 14.7 Å². The smallest absolute Gasteiger partial charge is 0.119 e. The summed E-state index contributed by atoms with van der Waals surface area (Å²) in [5, 5.41) is 8.74. The number of ether oxygens (including phenoxy) is 1. The molecule has 3 nitrogen and oxygen atoms in total. The van der Waals surface area contributed by atoms with Crippen molar-refractivity contribution in [1.29, 1.82) is 0 Å². The van der Waals surface area contributed by atoms with Crippen molar-refractivity contribution in [2.75, 3.05) is 33.4 Å². The topological polar surface area (TPSA) is 32.7 Å². The monoisotopic (exact) mass is 223 g/mol. The maximum absolute atomic E-state index is 8.74. The number of nitrogens with zero attached hydrogens (tertiary/aromatic N) is 1. The van der Waals surface area contributed by atoms with E-state index in [0.29, 0.717) is 13.2 Å². The molecular formula is C13H21NO2. The van der Waals surface area contributed by atoms with Crippen LogP contribution in [-0.2, 0) is 0 Å². The Balaban J connectivity index is 2.37. The van der Waals surface area contributed by atoms with E-state index in [1.807, 2.05) is 24.1 Å². The minimum atomic E-state index is 0.194. The van der Waals surface area contributed by atoms with E-state index in [9.17, 15) is 0 Å². The third-order valence-electron chi connectivity index (χ3n) is 2.42. The molecule has 1 rings (SSSR count). The van der Waals surface area contributed by atoms with Gasteiger partial charge in [-0.05, 0) is 44.2 Å². The molecule has 0 amide bonds. The third-order valence-corrected chi connectivity index (χ3v) is 2.42. The van der Waals surface area contributed by atoms with Crippen molar-refractivity contribution in [1.82, 2.24) is 4.90 Å². The fourth-order valence-corrected chi connectivity index (χ4v) is 1.62. The number of hydrogen-bond donors (Lipinski definition) is 1. The van der Waals surface area contributed by atoms with Gasteiger partial charge in [-0.3, -0.25) is 0 Å². The van der Waals surface area contributed by atoms with Gasteiger partial charge in [-0.15, -0.1) is 0 Å². The molecule has 90 valence electrons. The van der Waals surface area contributed by atoms with Crippen LogP contribution in [0.1, 0.15) is 11.1 Å². The predicted octanol–water partition coefficient (Wildman–Crippen LogP) is 1.61. The van der Waals surface area contributed by atoms with E-state index >= 15 is 0 Å². The molecule has 0 atom stereocenters. The van der Waals surface area contributed by atoms with E-state index in [-0.39, 0.29) is 6.61 Å². The molecule has 0 saturated carbocycles. The van der Waals surface area contributed by atoms with Crippen molar-refractivity contribution < 1.29 is 9.84 Å². The lowest BCUT2D eigenvalue weighted by Crippen LogP contribution is -2.27. The van der Waals surface area contributed by atoms with Crippen LogP contribution in [-0.4, -0.2) is 43.4 Å². The Morgan fingerprint density at radius 1 is 1.12 bits per heavy atom. The molecule has 1 aromatic carbocycles. The first kappa shape index (κ1) is 13.0. The zero-order valence-electron chi connectivity index (χ0n) is 10.4. The van der Waals surface area contributed by atoms with Crippen molar-refractivity contribution in [3.05, 3.63) is 29.3 Å². The first-order valence-corrected chi connectivity index (χ1v) is 5.62. The number of benzene rings is 1. The Kier molecular flexibility index (Phi) is 5.29. The molecule has 0 radical (unpaired) electrons. The summed E-state index contributed by atoms with van der Waals surface area (Å²) in [7, 11) is 1.97. The van der Waals surface area contributed by atoms with Crippen LogP contribution in [0, 0.1) is 13.8 Å². The maximum Gasteiger partial charge on any atom is 0.119 e. The van der Waals surface area contributed by atoms with Gasteiger partial charge in [-0.25, -0.2) is 0 Å². The molecule has 0 aromatic heterocycles. The Labute approximate surface area is 97.7 Å². The largest absolute Gasteiger partial charge is 0.492 e. The molecule has 3 heteroatoms. The lowest BCUT2D eigenvalue weighted by atomic mass is 10.1. The number of aryl methyl sites for hydroxylation is 2. The minimum absolute atomic E-state index is 0.194. The highest BCUT2D eigenvalue weighted by molar-refractivity contribution is 5.32. The summed E-state index contributed by atoms with van der Waals surface area (Å²) in [5.41, 5.74) is 2.44. The quantitative estimate of drug-likeness (QED) is 0.795. The van der Waals surface area contributed by atoms with Crippen LogP contribution in [0.4, 0.5) is 0 Å². The van der Waals surface area contributed by atoms with Gasteiger partial charge in [-0.2, -0.15) is 0 Å². The second-order valence-corrected chi connectivity index (χ2v) is 4.20. The molecule has 0 aliphatic rings. The van der Waals surface area contributed by atoms with E-state index in [4.69, 9.17) is 9.84 Å². The van der Waals surface area contributed by atoms with E-state index in [2.05, 4.69) is 19.9 Å². The first-order valence-electron chi connectivity index (χ1n) is 5.62. The van der Waals surface area contributed by atoms with Gasteiger partial charge in [0.25, 0.3) is 0 Å². The van der Waals surface area contributed by atoms with Crippen molar-refractivity contribution in [2.45, 2.75) is 13.8 Å². The predicted molar refractivity (Wildman–Crippen MR) is 66.0 cm³/mol. The number of likely N-dealkylation sites (N-methyl/N-ethyl adjacent to an activating group) is 1. The standard InChI is InChI=1S/C13H21NO2/c1-11-8-12(2)10-13(9-11)16-7-5-14(3)4-6-15/h8-10,15H,4-7H2,1-3H3. The van der Waals surface area contributed by atoms with Crippen molar-refractivity contribution >= 4 is 0 Å². The Morgan fingerprint density at radius 2 is 1.75 bits per heavy atom. The fourth-order valence-electron chi connectivity index (χ4n) is 1.62. The Morgan fingerprint density at radius 3 is 2.31 bits per heavy atom. The molecule has 0 heterocycles. The summed E-state index contributed by atoms with van der Waals surface area (Å²) >= 11 is 0. The van der Waals surface area contributed by atoms with E-state index in [0.717, 1.165) is 12.3 Å². The summed E-state index contributed by atoms with van der Waals surface area (Å²) in [6.07, 6.45) is 0. The molecule has 0 fully saturated rings. The molecular weight excluding hydrogens is 202 g/mol. The molecule has 16 heavy (non-hydrogen) atoms. The van der Waals surface area contributed by atoms with Gasteiger partial charge in [0.05, 0.1) is 6.61 Å². The SMILES string of the molecule is Cc1cc(C)cc(OCCN(C)CCO)c1. The normalized spacial score (nSPS) is 10.8. The minimum Gasteiger partial charge on any atom is -0.492 e. The molecule has 1 aromatic rings. The maximum atomic E-state index is 8.74. The highest BCUT2D eigenvalue weighted by atomic mass is 16.5.